The molecule has 1 amide bonds. The number of thiophene rings is 1. The summed E-state index contributed by atoms with van der Waals surface area (Å²) in [5.74, 6) is 0.0576. The summed E-state index contributed by atoms with van der Waals surface area (Å²) >= 11 is 1.56. The maximum absolute atomic E-state index is 13.8. The van der Waals surface area contributed by atoms with E-state index in [1.807, 2.05) is 26.1 Å². The number of hydrogen-bond acceptors (Lipinski definition) is 5. The Balaban J connectivity index is 1.47. The molecule has 2 aromatic rings. The summed E-state index contributed by atoms with van der Waals surface area (Å²) in [6.07, 6.45) is 2.32. The van der Waals surface area contributed by atoms with Crippen LogP contribution in [0.5, 0.6) is 0 Å². The minimum Gasteiger partial charge on any atom is -0.446 e. The van der Waals surface area contributed by atoms with Crippen LogP contribution in [0.3, 0.4) is 0 Å². The first-order valence-electron chi connectivity index (χ1n) is 10.1. The molecule has 2 N–H and O–H groups in total. The van der Waals surface area contributed by atoms with Crippen LogP contribution in [0.4, 0.5) is 14.9 Å². The first kappa shape index (κ1) is 20.3. The molecule has 5 atom stereocenters. The van der Waals surface area contributed by atoms with Crippen molar-refractivity contribution in [2.24, 2.45) is 5.92 Å². The van der Waals surface area contributed by atoms with Crippen molar-refractivity contribution in [2.45, 2.75) is 57.5 Å². The second-order valence-corrected chi connectivity index (χ2v) is 9.14. The fourth-order valence-electron chi connectivity index (χ4n) is 4.30. The molecule has 1 aromatic carbocycles. The fraction of sp³-hybridized carbons (Fsp3) is 0.500. The Labute approximate surface area is 174 Å². The topological polar surface area (TPSA) is 62.9 Å². The molecular weight excluding hydrogens is 391 g/mol. The Morgan fingerprint density at radius 3 is 2.79 bits per heavy atom. The maximum Gasteiger partial charge on any atom is 0.411 e. The van der Waals surface area contributed by atoms with Gasteiger partial charge in [-0.05, 0) is 56.6 Å². The average Bonchev–Trinajstić information content (AvgIpc) is 3.39. The second-order valence-electron chi connectivity index (χ2n) is 7.85. The van der Waals surface area contributed by atoms with Crippen molar-refractivity contribution in [3.63, 3.8) is 0 Å². The van der Waals surface area contributed by atoms with Gasteiger partial charge in [0.2, 0.25) is 0 Å². The lowest BCUT2D eigenvalue weighted by atomic mass is 9.96. The van der Waals surface area contributed by atoms with E-state index in [0.29, 0.717) is 17.2 Å². The summed E-state index contributed by atoms with van der Waals surface area (Å²) in [5, 5.41) is 6.12. The Morgan fingerprint density at radius 1 is 1.28 bits per heavy atom. The number of aryl methyl sites for hydroxylation is 1. The Morgan fingerprint density at radius 2 is 2.10 bits per heavy atom. The van der Waals surface area contributed by atoms with E-state index in [1.165, 1.54) is 12.1 Å². The van der Waals surface area contributed by atoms with Crippen molar-refractivity contribution >= 4 is 23.1 Å². The molecule has 0 spiro atoms. The number of nitrogens with one attached hydrogen (secondary N) is 2. The highest BCUT2D eigenvalue weighted by Crippen LogP contribution is 2.41. The van der Waals surface area contributed by atoms with Gasteiger partial charge in [0.05, 0.1) is 17.9 Å². The lowest BCUT2D eigenvalue weighted by Crippen LogP contribution is -2.35. The van der Waals surface area contributed by atoms with Crippen molar-refractivity contribution in [2.75, 3.05) is 12.4 Å². The molecule has 5 nitrogen and oxygen atoms in total. The van der Waals surface area contributed by atoms with Crippen molar-refractivity contribution in [1.29, 1.82) is 0 Å². The van der Waals surface area contributed by atoms with Crippen LogP contribution >= 0.6 is 11.3 Å². The molecule has 2 aliphatic rings. The van der Waals surface area contributed by atoms with Crippen LogP contribution in [0.15, 0.2) is 30.3 Å². The summed E-state index contributed by atoms with van der Waals surface area (Å²) in [6, 6.07) is 8.48. The number of likely N-dealkylation sites (N-methyl/N-ethyl adjacent to an activating group) is 1. The van der Waals surface area contributed by atoms with Crippen LogP contribution in [0.1, 0.15) is 31.1 Å². The molecule has 4 rings (SSSR count). The number of ether oxygens (including phenoxy) is 2. The number of anilines is 1. The third-order valence-electron chi connectivity index (χ3n) is 5.90. The highest BCUT2D eigenvalue weighted by molar-refractivity contribution is 7.15. The molecule has 156 valence electrons. The largest absolute Gasteiger partial charge is 0.446 e. The van der Waals surface area contributed by atoms with Crippen LogP contribution in [0, 0.1) is 18.7 Å². The molecule has 2 fully saturated rings. The van der Waals surface area contributed by atoms with Crippen molar-refractivity contribution < 1.29 is 18.7 Å². The number of benzene rings is 1. The second kappa shape index (κ2) is 8.42. The Hall–Kier alpha value is -1.96. The van der Waals surface area contributed by atoms with Gasteiger partial charge >= 0.3 is 6.09 Å². The predicted octanol–water partition coefficient (Wildman–Crippen LogP) is 4.96. The smallest absolute Gasteiger partial charge is 0.411 e. The lowest BCUT2D eigenvalue weighted by molar-refractivity contribution is 0.0742. The van der Waals surface area contributed by atoms with Crippen LogP contribution in [0.2, 0.25) is 0 Å². The summed E-state index contributed by atoms with van der Waals surface area (Å²) in [6.45, 7) is 4.14. The van der Waals surface area contributed by atoms with Gasteiger partial charge in [0, 0.05) is 27.8 Å². The Kier molecular flexibility index (Phi) is 5.90. The van der Waals surface area contributed by atoms with Gasteiger partial charge in [-0.2, -0.15) is 0 Å². The zero-order valence-corrected chi connectivity index (χ0v) is 17.7. The summed E-state index contributed by atoms with van der Waals surface area (Å²) in [4.78, 5) is 14.7. The quantitative estimate of drug-likeness (QED) is 0.674. The monoisotopic (exact) mass is 418 g/mol. The highest BCUT2D eigenvalue weighted by atomic mass is 32.1. The number of epoxide rings is 1. The molecule has 29 heavy (non-hydrogen) atoms. The van der Waals surface area contributed by atoms with Crippen LogP contribution in [0.25, 0.3) is 10.4 Å². The van der Waals surface area contributed by atoms with Crippen LogP contribution in [-0.4, -0.2) is 37.5 Å². The maximum atomic E-state index is 13.8. The van der Waals surface area contributed by atoms with Crippen molar-refractivity contribution in [3.8, 4) is 10.4 Å². The SMILES string of the molecule is CC[C@H]1C[C@H](OC(=O)Nc2ccc(F)cc2-c2ccc(C)s2)C[C@@H](NC)[C@H]2O[C@@H]12. The number of rotatable bonds is 5. The number of carbonyl (C=O) groups excluding carboxylic acids is 1. The predicted molar refractivity (Wildman–Crippen MR) is 113 cm³/mol. The summed E-state index contributed by atoms with van der Waals surface area (Å²) in [5.41, 5.74) is 1.21. The van der Waals surface area contributed by atoms with E-state index < -0.39 is 6.09 Å². The summed E-state index contributed by atoms with van der Waals surface area (Å²) < 4.78 is 25.5. The number of amides is 1. The molecule has 0 bridgehead atoms. The number of fused-ring (bicyclic) bond motifs is 1. The van der Waals surface area contributed by atoms with E-state index >= 15 is 0 Å². The van der Waals surface area contributed by atoms with Gasteiger partial charge in [-0.3, -0.25) is 5.32 Å². The molecule has 1 aliphatic heterocycles. The molecule has 7 heteroatoms. The molecule has 1 aromatic heterocycles. The van der Waals surface area contributed by atoms with Gasteiger partial charge in [-0.15, -0.1) is 11.3 Å². The van der Waals surface area contributed by atoms with E-state index in [2.05, 4.69) is 17.6 Å². The lowest BCUT2D eigenvalue weighted by Gasteiger charge is -2.23. The fourth-order valence-corrected chi connectivity index (χ4v) is 5.20. The third-order valence-corrected chi connectivity index (χ3v) is 6.93. The third kappa shape index (κ3) is 4.47. The molecule has 0 radical (unpaired) electrons. The number of hydrogen-bond donors (Lipinski definition) is 2. The number of carbonyl (C=O) groups is 1. The summed E-state index contributed by atoms with van der Waals surface area (Å²) in [7, 11) is 1.92. The Bertz CT molecular complexity index is 869. The molecular formula is C22H27FN2O3S. The standard InChI is InChI=1S/C22H27FN2O3S/c1-4-13-9-15(11-18(24-3)21-20(13)28-21)27-22(26)25-17-7-6-14(23)10-16(17)19-8-5-12(2)29-19/h5-8,10,13,15,18,20-21,24H,4,9,11H2,1-3H3,(H,25,26)/t13-,15-,18+,20-,21+/m0/s1. The zero-order chi connectivity index (χ0) is 20.5. The van der Waals surface area contributed by atoms with Gasteiger partial charge in [0.15, 0.2) is 0 Å². The van der Waals surface area contributed by atoms with Crippen LogP contribution < -0.4 is 10.6 Å². The molecule has 0 unspecified atom stereocenters. The van der Waals surface area contributed by atoms with Gasteiger partial charge < -0.3 is 14.8 Å². The van der Waals surface area contributed by atoms with Crippen molar-refractivity contribution in [3.05, 3.63) is 41.0 Å². The average molecular weight is 419 g/mol. The van der Waals surface area contributed by atoms with Gasteiger partial charge in [-0.25, -0.2) is 9.18 Å². The molecule has 1 saturated carbocycles. The van der Waals surface area contributed by atoms with E-state index in [4.69, 9.17) is 9.47 Å². The zero-order valence-electron chi connectivity index (χ0n) is 16.9. The van der Waals surface area contributed by atoms with E-state index in [1.54, 1.807) is 17.4 Å². The van der Waals surface area contributed by atoms with Gasteiger partial charge in [0.25, 0.3) is 0 Å². The van der Waals surface area contributed by atoms with Crippen molar-refractivity contribution in [1.82, 2.24) is 5.32 Å². The highest BCUT2D eigenvalue weighted by Gasteiger charge is 2.52. The molecule has 1 saturated heterocycles. The van der Waals surface area contributed by atoms with E-state index in [9.17, 15) is 9.18 Å². The van der Waals surface area contributed by atoms with Crippen LogP contribution in [-0.2, 0) is 9.47 Å². The van der Waals surface area contributed by atoms with Gasteiger partial charge in [-0.1, -0.05) is 13.3 Å². The minimum absolute atomic E-state index is 0.179. The number of halogens is 1. The van der Waals surface area contributed by atoms with E-state index in [-0.39, 0.29) is 30.2 Å². The van der Waals surface area contributed by atoms with E-state index in [0.717, 1.165) is 29.0 Å². The molecule has 2 heterocycles. The first-order valence-corrected chi connectivity index (χ1v) is 11.0. The minimum atomic E-state index is -0.502. The van der Waals surface area contributed by atoms with Gasteiger partial charge in [0.1, 0.15) is 11.9 Å². The first-order chi connectivity index (χ1) is 14.0. The normalized spacial score (nSPS) is 28.3. The molecule has 1 aliphatic carbocycles.